The van der Waals surface area contributed by atoms with Gasteiger partial charge < -0.3 is 20.1 Å². The summed E-state index contributed by atoms with van der Waals surface area (Å²) in [5.41, 5.74) is -0.545. The maximum Gasteiger partial charge on any atom is 0.410 e. The Bertz CT molecular complexity index is 325. The minimum absolute atomic E-state index is 0.176. The molecular formula is C12H22N2O4. The molecule has 0 aromatic heterocycles. The topological polar surface area (TPSA) is 78.9 Å². The second-order valence-electron chi connectivity index (χ2n) is 5.59. The van der Waals surface area contributed by atoms with Crippen molar-refractivity contribution in [3.8, 4) is 0 Å². The third-order valence-corrected chi connectivity index (χ3v) is 2.62. The summed E-state index contributed by atoms with van der Waals surface area (Å²) in [6.45, 7) is 7.45. The molecule has 2 amide bonds. The number of piperidine rings is 1. The van der Waals surface area contributed by atoms with Gasteiger partial charge in [-0.3, -0.25) is 4.79 Å². The molecule has 1 heterocycles. The zero-order chi connectivity index (χ0) is 13.9. The quantitative estimate of drug-likeness (QED) is 0.717. The van der Waals surface area contributed by atoms with Crippen molar-refractivity contribution in [3.63, 3.8) is 0 Å². The van der Waals surface area contributed by atoms with E-state index in [2.05, 4.69) is 5.32 Å². The van der Waals surface area contributed by atoms with E-state index >= 15 is 0 Å². The molecule has 0 aromatic rings. The predicted octanol–water partition coefficient (Wildman–Crippen LogP) is 0.493. The number of nitrogens with zero attached hydrogens (tertiary/aromatic N) is 1. The molecular weight excluding hydrogens is 236 g/mol. The van der Waals surface area contributed by atoms with E-state index in [1.54, 1.807) is 20.8 Å². The standard InChI is InChI=1S/C12H22N2O4/c1-8(15)13-9-5-6-14(7-10(9)16)11(17)18-12(2,3)4/h9-10,16H,5-7H2,1-4H3,(H,13,15)/t9-,10-/m1/s1. The fraction of sp³-hybridized carbons (Fsp3) is 0.833. The lowest BCUT2D eigenvalue weighted by molar-refractivity contribution is -0.121. The van der Waals surface area contributed by atoms with Crippen LogP contribution in [0, 0.1) is 0 Å². The van der Waals surface area contributed by atoms with Crippen LogP contribution in [0.3, 0.4) is 0 Å². The van der Waals surface area contributed by atoms with Crippen molar-refractivity contribution in [2.24, 2.45) is 0 Å². The second-order valence-corrected chi connectivity index (χ2v) is 5.59. The Morgan fingerprint density at radius 2 is 2.00 bits per heavy atom. The summed E-state index contributed by atoms with van der Waals surface area (Å²) in [5.74, 6) is -0.176. The molecule has 0 radical (unpaired) electrons. The fourth-order valence-electron chi connectivity index (χ4n) is 1.85. The van der Waals surface area contributed by atoms with Crippen molar-refractivity contribution in [2.75, 3.05) is 13.1 Å². The van der Waals surface area contributed by atoms with Gasteiger partial charge in [-0.25, -0.2) is 4.79 Å². The Kier molecular flexibility index (Phi) is 4.56. The summed E-state index contributed by atoms with van der Waals surface area (Å²) in [6.07, 6.45) is -0.655. The molecule has 2 N–H and O–H groups in total. The molecule has 0 spiro atoms. The Labute approximate surface area is 107 Å². The molecule has 1 rings (SSSR count). The van der Waals surface area contributed by atoms with Crippen LogP contribution in [0.2, 0.25) is 0 Å². The number of aliphatic hydroxyl groups excluding tert-OH is 1. The number of aliphatic hydroxyl groups is 1. The number of ether oxygens (including phenoxy) is 1. The Hall–Kier alpha value is -1.30. The zero-order valence-electron chi connectivity index (χ0n) is 11.4. The molecule has 2 atom stereocenters. The van der Waals surface area contributed by atoms with Crippen LogP contribution < -0.4 is 5.32 Å². The molecule has 0 aliphatic carbocycles. The summed E-state index contributed by atoms with van der Waals surface area (Å²) in [7, 11) is 0. The van der Waals surface area contributed by atoms with Crippen LogP contribution in [0.1, 0.15) is 34.1 Å². The minimum Gasteiger partial charge on any atom is -0.444 e. The van der Waals surface area contributed by atoms with Gasteiger partial charge in [0.2, 0.25) is 5.91 Å². The molecule has 0 aromatic carbocycles. The Morgan fingerprint density at radius 1 is 1.39 bits per heavy atom. The smallest absolute Gasteiger partial charge is 0.410 e. The van der Waals surface area contributed by atoms with Crippen LogP contribution in [0.25, 0.3) is 0 Å². The number of carbonyl (C=O) groups is 2. The number of hydrogen-bond donors (Lipinski definition) is 2. The summed E-state index contributed by atoms with van der Waals surface area (Å²) < 4.78 is 5.23. The van der Waals surface area contributed by atoms with Crippen LogP contribution in [0.5, 0.6) is 0 Å². The van der Waals surface area contributed by atoms with Gasteiger partial charge in [0.15, 0.2) is 0 Å². The highest BCUT2D eigenvalue weighted by atomic mass is 16.6. The number of hydrogen-bond acceptors (Lipinski definition) is 4. The van der Waals surface area contributed by atoms with Crippen molar-refractivity contribution in [1.82, 2.24) is 10.2 Å². The molecule has 0 bridgehead atoms. The van der Waals surface area contributed by atoms with Gasteiger partial charge in [0.05, 0.1) is 18.7 Å². The van der Waals surface area contributed by atoms with E-state index in [4.69, 9.17) is 4.74 Å². The third-order valence-electron chi connectivity index (χ3n) is 2.62. The predicted molar refractivity (Wildman–Crippen MR) is 66.0 cm³/mol. The van der Waals surface area contributed by atoms with E-state index in [0.717, 1.165) is 0 Å². The van der Waals surface area contributed by atoms with Gasteiger partial charge in [0.25, 0.3) is 0 Å². The average Bonchev–Trinajstić information content (AvgIpc) is 2.17. The Balaban J connectivity index is 2.50. The van der Waals surface area contributed by atoms with Crippen LogP contribution in [0.15, 0.2) is 0 Å². The first-order chi connectivity index (χ1) is 8.19. The van der Waals surface area contributed by atoms with Gasteiger partial charge >= 0.3 is 6.09 Å². The molecule has 6 nitrogen and oxygen atoms in total. The Morgan fingerprint density at radius 3 is 2.44 bits per heavy atom. The monoisotopic (exact) mass is 258 g/mol. The summed E-state index contributed by atoms with van der Waals surface area (Å²) in [4.78, 5) is 24.2. The van der Waals surface area contributed by atoms with Gasteiger partial charge in [0.1, 0.15) is 5.60 Å². The number of carbonyl (C=O) groups excluding carboxylic acids is 2. The highest BCUT2D eigenvalue weighted by molar-refractivity contribution is 5.73. The molecule has 0 unspecified atom stereocenters. The number of rotatable bonds is 1. The van der Waals surface area contributed by atoms with Gasteiger partial charge in [-0.05, 0) is 27.2 Å². The van der Waals surface area contributed by atoms with Crippen molar-refractivity contribution >= 4 is 12.0 Å². The highest BCUT2D eigenvalue weighted by Crippen LogP contribution is 2.15. The fourth-order valence-corrected chi connectivity index (χ4v) is 1.85. The van der Waals surface area contributed by atoms with Crippen LogP contribution >= 0.6 is 0 Å². The summed E-state index contributed by atoms with van der Waals surface area (Å²) in [6, 6.07) is -0.291. The molecule has 6 heteroatoms. The van der Waals surface area contributed by atoms with Gasteiger partial charge in [0, 0.05) is 13.5 Å². The first-order valence-corrected chi connectivity index (χ1v) is 6.12. The minimum atomic E-state index is -0.754. The molecule has 18 heavy (non-hydrogen) atoms. The molecule has 1 aliphatic rings. The van der Waals surface area contributed by atoms with Crippen molar-refractivity contribution in [1.29, 1.82) is 0 Å². The lowest BCUT2D eigenvalue weighted by Crippen LogP contribution is -2.55. The van der Waals surface area contributed by atoms with Gasteiger partial charge in [-0.2, -0.15) is 0 Å². The zero-order valence-corrected chi connectivity index (χ0v) is 11.4. The molecule has 1 aliphatic heterocycles. The maximum atomic E-state index is 11.8. The number of likely N-dealkylation sites (tertiary alicyclic amines) is 1. The maximum absolute atomic E-state index is 11.8. The number of amides is 2. The van der Waals surface area contributed by atoms with Gasteiger partial charge in [-0.1, -0.05) is 0 Å². The van der Waals surface area contributed by atoms with E-state index < -0.39 is 17.8 Å². The van der Waals surface area contributed by atoms with Crippen molar-refractivity contribution < 1.29 is 19.4 Å². The van der Waals surface area contributed by atoms with Crippen LogP contribution in [-0.4, -0.2) is 52.8 Å². The lowest BCUT2D eigenvalue weighted by atomic mass is 10.0. The summed E-state index contributed by atoms with van der Waals surface area (Å²) >= 11 is 0. The van der Waals surface area contributed by atoms with Gasteiger partial charge in [-0.15, -0.1) is 0 Å². The second kappa shape index (κ2) is 5.56. The third kappa shape index (κ3) is 4.52. The van der Waals surface area contributed by atoms with Crippen LogP contribution in [-0.2, 0) is 9.53 Å². The van der Waals surface area contributed by atoms with Crippen molar-refractivity contribution in [3.05, 3.63) is 0 Å². The van der Waals surface area contributed by atoms with E-state index in [9.17, 15) is 14.7 Å². The molecule has 0 saturated carbocycles. The van der Waals surface area contributed by atoms with E-state index in [0.29, 0.717) is 13.0 Å². The first-order valence-electron chi connectivity index (χ1n) is 6.12. The number of β-amino-alcohol motifs (C(OH)–C–C–N with tert-alkyl or cyclic N) is 1. The number of nitrogens with one attached hydrogen (secondary N) is 1. The largest absolute Gasteiger partial charge is 0.444 e. The first kappa shape index (κ1) is 14.8. The SMILES string of the molecule is CC(=O)N[C@@H]1CCN(C(=O)OC(C)(C)C)C[C@H]1O. The van der Waals surface area contributed by atoms with E-state index in [-0.39, 0.29) is 18.5 Å². The highest BCUT2D eigenvalue weighted by Gasteiger charge is 2.32. The van der Waals surface area contributed by atoms with Crippen molar-refractivity contribution in [2.45, 2.75) is 51.9 Å². The molecule has 1 fully saturated rings. The lowest BCUT2D eigenvalue weighted by Gasteiger charge is -2.36. The average molecular weight is 258 g/mol. The van der Waals surface area contributed by atoms with E-state index in [1.165, 1.54) is 11.8 Å². The van der Waals surface area contributed by atoms with E-state index in [1.807, 2.05) is 0 Å². The van der Waals surface area contributed by atoms with Crippen LogP contribution in [0.4, 0.5) is 4.79 Å². The molecule has 1 saturated heterocycles. The molecule has 104 valence electrons. The summed E-state index contributed by atoms with van der Waals surface area (Å²) in [5, 5.41) is 12.5. The normalized spacial score (nSPS) is 24.6.